The zero-order valence-electron chi connectivity index (χ0n) is 13.9. The van der Waals surface area contributed by atoms with Gasteiger partial charge in [0, 0.05) is 43.8 Å². The summed E-state index contributed by atoms with van der Waals surface area (Å²) in [7, 11) is 0. The molecule has 1 saturated carbocycles. The fourth-order valence-corrected chi connectivity index (χ4v) is 3.03. The number of amides is 1. The Hall–Kier alpha value is -2.33. The number of aromatic nitrogens is 1. The van der Waals surface area contributed by atoms with Gasteiger partial charge in [-0.15, -0.1) is 0 Å². The number of carbonyl (C=O) groups excluding carboxylic acids is 1. The third-order valence-corrected chi connectivity index (χ3v) is 4.55. The molecule has 5 nitrogen and oxygen atoms in total. The van der Waals surface area contributed by atoms with Crippen molar-refractivity contribution in [1.82, 2.24) is 4.98 Å². The lowest BCUT2D eigenvalue weighted by Crippen LogP contribution is -2.39. The van der Waals surface area contributed by atoms with Gasteiger partial charge < -0.3 is 20.1 Å². The molecular weight excluding hydrogens is 330 g/mol. The standard InChI is InChI=1S/C18H20F2N2O3/c1-12(23)22-16-11-21-15-3-2-13(10-14(15)16)25-9-8-17(24)4-6-18(19,20)7-5-17/h10-11,21,24H,4-9H2,1H3,(H,22,23). The van der Waals surface area contributed by atoms with E-state index in [1.807, 2.05) is 0 Å². The monoisotopic (exact) mass is 350 g/mol. The number of aliphatic hydroxyl groups is 1. The van der Waals surface area contributed by atoms with E-state index in [1.165, 1.54) is 6.92 Å². The van der Waals surface area contributed by atoms with E-state index in [0.717, 1.165) is 5.39 Å². The van der Waals surface area contributed by atoms with Crippen LogP contribution in [-0.2, 0) is 4.79 Å². The van der Waals surface area contributed by atoms with Crippen LogP contribution in [-0.4, -0.2) is 34.1 Å². The van der Waals surface area contributed by atoms with Crippen LogP contribution in [0.5, 0.6) is 5.75 Å². The molecule has 0 saturated heterocycles. The molecule has 1 aromatic carbocycles. The van der Waals surface area contributed by atoms with Gasteiger partial charge in [-0.25, -0.2) is 8.78 Å². The van der Waals surface area contributed by atoms with Crippen molar-refractivity contribution in [3.05, 3.63) is 24.4 Å². The largest absolute Gasteiger partial charge is 0.485 e. The van der Waals surface area contributed by atoms with E-state index >= 15 is 0 Å². The highest BCUT2D eigenvalue weighted by Crippen LogP contribution is 2.40. The van der Waals surface area contributed by atoms with Gasteiger partial charge in [-0.1, -0.05) is 0 Å². The lowest BCUT2D eigenvalue weighted by Gasteiger charge is -2.35. The van der Waals surface area contributed by atoms with Crippen LogP contribution in [0.1, 0.15) is 39.0 Å². The van der Waals surface area contributed by atoms with Crippen LogP contribution in [0.15, 0.2) is 12.3 Å². The Morgan fingerprint density at radius 2 is 2.08 bits per heavy atom. The van der Waals surface area contributed by atoms with Crippen molar-refractivity contribution in [2.24, 2.45) is 0 Å². The number of nitrogens with one attached hydrogen (secondary N) is 2. The minimum Gasteiger partial charge on any atom is -0.485 e. The molecule has 0 aliphatic heterocycles. The topological polar surface area (TPSA) is 74.4 Å². The molecular formula is C18H20F2N2O3. The SMILES string of the molecule is CC(=O)Nc1c[nH]c2c#cc(OCCC3(O)CCC(F)(F)CC3)cc12. The molecule has 0 bridgehead atoms. The molecule has 1 aliphatic rings. The molecule has 134 valence electrons. The molecule has 1 amide bonds. The number of alkyl halides is 2. The predicted molar refractivity (Wildman–Crippen MR) is 88.8 cm³/mol. The van der Waals surface area contributed by atoms with Gasteiger partial charge in [-0.2, -0.15) is 0 Å². The third kappa shape index (κ3) is 4.20. The molecule has 0 atom stereocenters. The fourth-order valence-electron chi connectivity index (χ4n) is 3.03. The van der Waals surface area contributed by atoms with Crippen molar-refractivity contribution < 1.29 is 23.4 Å². The smallest absolute Gasteiger partial charge is 0.248 e. The normalized spacial score (nSPS) is 18.6. The second kappa shape index (κ2) is 6.52. The van der Waals surface area contributed by atoms with Crippen LogP contribution in [0.2, 0.25) is 0 Å². The number of aromatic amines is 1. The summed E-state index contributed by atoms with van der Waals surface area (Å²) in [4.78, 5) is 14.2. The molecule has 0 unspecified atom stereocenters. The van der Waals surface area contributed by atoms with Crippen molar-refractivity contribution in [2.75, 3.05) is 11.9 Å². The Morgan fingerprint density at radius 3 is 2.76 bits per heavy atom. The Bertz CT molecular complexity index is 763. The summed E-state index contributed by atoms with van der Waals surface area (Å²) in [6, 6.07) is 7.47. The van der Waals surface area contributed by atoms with Crippen LogP contribution in [0.4, 0.5) is 14.5 Å². The van der Waals surface area contributed by atoms with Crippen LogP contribution < -0.4 is 10.1 Å². The molecule has 0 radical (unpaired) electrons. The van der Waals surface area contributed by atoms with Gasteiger partial charge in [0.15, 0.2) is 5.75 Å². The number of fused-ring (bicyclic) bond motifs is 1. The fraction of sp³-hybridized carbons (Fsp3) is 0.500. The first-order valence-corrected chi connectivity index (χ1v) is 8.22. The van der Waals surface area contributed by atoms with E-state index in [9.17, 15) is 18.7 Å². The zero-order valence-corrected chi connectivity index (χ0v) is 13.9. The summed E-state index contributed by atoms with van der Waals surface area (Å²) in [5.74, 6) is -2.44. The van der Waals surface area contributed by atoms with Crippen molar-refractivity contribution in [3.8, 4) is 5.75 Å². The number of anilines is 1. The molecule has 3 N–H and O–H groups in total. The molecule has 3 rings (SSSR count). The van der Waals surface area contributed by atoms with Crippen molar-refractivity contribution >= 4 is 22.5 Å². The maximum Gasteiger partial charge on any atom is 0.248 e. The number of hydrogen-bond donors (Lipinski definition) is 3. The first kappa shape index (κ1) is 17.5. The molecule has 1 heterocycles. The first-order valence-electron chi connectivity index (χ1n) is 8.22. The molecule has 0 spiro atoms. The highest BCUT2D eigenvalue weighted by atomic mass is 19.3. The van der Waals surface area contributed by atoms with Gasteiger partial charge in [-0.05, 0) is 25.0 Å². The molecule has 1 fully saturated rings. The van der Waals surface area contributed by atoms with E-state index in [0.29, 0.717) is 17.0 Å². The van der Waals surface area contributed by atoms with Gasteiger partial charge in [0.05, 0.1) is 23.4 Å². The molecule has 1 aromatic heterocycles. The van der Waals surface area contributed by atoms with Gasteiger partial charge >= 0.3 is 0 Å². The van der Waals surface area contributed by atoms with E-state index in [4.69, 9.17) is 4.74 Å². The minimum absolute atomic E-state index is 0.0721. The molecule has 7 heteroatoms. The maximum absolute atomic E-state index is 13.2. The second-order valence-corrected chi connectivity index (χ2v) is 6.61. The highest BCUT2D eigenvalue weighted by molar-refractivity contribution is 6.00. The molecule has 2 aromatic rings. The summed E-state index contributed by atoms with van der Waals surface area (Å²) in [6.07, 6.45) is 1.49. The quantitative estimate of drug-likeness (QED) is 0.773. The van der Waals surface area contributed by atoms with Gasteiger partial charge in [0.1, 0.15) is 0 Å². The third-order valence-electron chi connectivity index (χ3n) is 4.55. The van der Waals surface area contributed by atoms with Crippen LogP contribution in [0, 0.1) is 12.1 Å². The average Bonchev–Trinajstić information content (AvgIpc) is 2.93. The summed E-state index contributed by atoms with van der Waals surface area (Å²) in [5.41, 5.74) is 0.195. The lowest BCUT2D eigenvalue weighted by molar-refractivity contribution is -0.114. The van der Waals surface area contributed by atoms with E-state index in [1.54, 1.807) is 12.3 Å². The predicted octanol–water partition coefficient (Wildman–Crippen LogP) is 3.44. The van der Waals surface area contributed by atoms with E-state index in [-0.39, 0.29) is 44.6 Å². The number of carbonyl (C=O) groups is 1. The first-order chi connectivity index (χ1) is 11.8. The minimum atomic E-state index is -2.67. The van der Waals surface area contributed by atoms with Crippen LogP contribution in [0.25, 0.3) is 10.9 Å². The maximum atomic E-state index is 13.2. The van der Waals surface area contributed by atoms with Crippen molar-refractivity contribution in [2.45, 2.75) is 50.6 Å². The number of H-pyrrole nitrogens is 1. The Labute approximate surface area is 144 Å². The summed E-state index contributed by atoms with van der Waals surface area (Å²) < 4.78 is 32.0. The van der Waals surface area contributed by atoms with E-state index in [2.05, 4.69) is 22.4 Å². The Balaban J connectivity index is 1.60. The van der Waals surface area contributed by atoms with Gasteiger partial charge in [-0.3, -0.25) is 4.79 Å². The zero-order chi connectivity index (χ0) is 18.1. The van der Waals surface area contributed by atoms with Crippen molar-refractivity contribution in [1.29, 1.82) is 0 Å². The average molecular weight is 350 g/mol. The van der Waals surface area contributed by atoms with E-state index < -0.39 is 11.5 Å². The van der Waals surface area contributed by atoms with Crippen molar-refractivity contribution in [3.63, 3.8) is 0 Å². The van der Waals surface area contributed by atoms with Gasteiger partial charge in [0.2, 0.25) is 11.8 Å². The van der Waals surface area contributed by atoms with Gasteiger partial charge in [0.25, 0.3) is 0 Å². The highest BCUT2D eigenvalue weighted by Gasteiger charge is 2.42. The number of hydrogen-bond acceptors (Lipinski definition) is 3. The Morgan fingerprint density at radius 1 is 1.36 bits per heavy atom. The number of rotatable bonds is 5. The second-order valence-electron chi connectivity index (χ2n) is 6.61. The summed E-state index contributed by atoms with van der Waals surface area (Å²) in [6.45, 7) is 1.61. The number of halogens is 2. The molecule has 25 heavy (non-hydrogen) atoms. The Kier molecular flexibility index (Phi) is 4.56. The summed E-state index contributed by atoms with van der Waals surface area (Å²) in [5, 5.41) is 13.8. The lowest BCUT2D eigenvalue weighted by atomic mass is 9.81. The van der Waals surface area contributed by atoms with Crippen LogP contribution in [0.3, 0.4) is 0 Å². The number of ether oxygens (including phenoxy) is 1. The van der Waals surface area contributed by atoms with Crippen LogP contribution >= 0.6 is 0 Å². The molecule has 1 aliphatic carbocycles. The summed E-state index contributed by atoms with van der Waals surface area (Å²) >= 11 is 0.